The highest BCUT2D eigenvalue weighted by atomic mass is 32.2. The van der Waals surface area contributed by atoms with Crippen molar-refractivity contribution in [3.63, 3.8) is 0 Å². The molecule has 0 N–H and O–H groups in total. The van der Waals surface area contributed by atoms with Crippen LogP contribution in [0.1, 0.15) is 11.1 Å². The van der Waals surface area contributed by atoms with E-state index in [1.54, 1.807) is 24.3 Å². The summed E-state index contributed by atoms with van der Waals surface area (Å²) in [6.07, 6.45) is 0. The van der Waals surface area contributed by atoms with Gasteiger partial charge in [0.05, 0.1) is 11.1 Å². The van der Waals surface area contributed by atoms with E-state index in [9.17, 15) is 16.8 Å². The van der Waals surface area contributed by atoms with Gasteiger partial charge in [-0.05, 0) is 24.3 Å². The fourth-order valence-electron chi connectivity index (χ4n) is 2.39. The highest BCUT2D eigenvalue weighted by Gasteiger charge is 2.35. The second-order valence-corrected chi connectivity index (χ2v) is 7.98. The first-order valence-corrected chi connectivity index (χ1v) is 9.33. The van der Waals surface area contributed by atoms with Crippen molar-refractivity contribution in [3.8, 4) is 0 Å². The van der Waals surface area contributed by atoms with E-state index in [-0.39, 0.29) is 32.7 Å². The Morgan fingerprint density at radius 1 is 0.652 bits per heavy atom. The first-order chi connectivity index (χ1) is 10.9. The predicted octanol–water partition coefficient (Wildman–Crippen LogP) is 1.30. The summed E-state index contributed by atoms with van der Waals surface area (Å²) in [4.78, 5) is 0.0366. The molecule has 0 fully saturated rings. The number of sulfonamides is 2. The van der Waals surface area contributed by atoms with Crippen molar-refractivity contribution >= 4 is 31.8 Å². The number of benzene rings is 2. The zero-order valence-electron chi connectivity index (χ0n) is 11.4. The average Bonchev–Trinajstić information content (AvgIpc) is 2.92. The van der Waals surface area contributed by atoms with Gasteiger partial charge in [-0.3, -0.25) is 0 Å². The Morgan fingerprint density at radius 2 is 1.04 bits per heavy atom. The molecule has 7 nitrogen and oxygen atoms in total. The van der Waals surface area contributed by atoms with Gasteiger partial charge in [-0.1, -0.05) is 24.3 Å². The molecule has 2 heterocycles. The minimum atomic E-state index is -3.84. The maximum Gasteiger partial charge on any atom is 0.286 e. The van der Waals surface area contributed by atoms with E-state index in [1.807, 2.05) is 0 Å². The van der Waals surface area contributed by atoms with E-state index in [2.05, 4.69) is 8.80 Å². The van der Waals surface area contributed by atoms with Gasteiger partial charge in [0.2, 0.25) is 11.8 Å². The topological polar surface area (TPSA) is 102 Å². The lowest BCUT2D eigenvalue weighted by molar-refractivity contribution is 0.551. The van der Waals surface area contributed by atoms with Crippen LogP contribution in [0.25, 0.3) is 0 Å². The molecule has 0 unspecified atom stereocenters. The third-order valence-electron chi connectivity index (χ3n) is 3.39. The Labute approximate surface area is 132 Å². The molecule has 2 aliphatic rings. The van der Waals surface area contributed by atoms with Crippen LogP contribution in [0.2, 0.25) is 0 Å². The second-order valence-electron chi connectivity index (χ2n) is 4.84. The number of fused-ring (bicyclic) bond motifs is 2. The summed E-state index contributed by atoms with van der Waals surface area (Å²) < 4.78 is 60.5. The third-order valence-corrected chi connectivity index (χ3v) is 6.03. The summed E-state index contributed by atoms with van der Waals surface area (Å²) >= 11 is 0. The SMILES string of the molecule is O=S1(=O)N=C(OC2=NS(=O)(=O)c3ccccc32)c2ccccc21. The molecule has 0 aliphatic carbocycles. The summed E-state index contributed by atoms with van der Waals surface area (Å²) in [5.74, 6) is -0.377. The number of rotatable bonds is 0. The van der Waals surface area contributed by atoms with Crippen LogP contribution in [-0.2, 0) is 24.8 Å². The zero-order valence-corrected chi connectivity index (χ0v) is 13.0. The molecule has 0 radical (unpaired) electrons. The van der Waals surface area contributed by atoms with Crippen molar-refractivity contribution in [2.24, 2.45) is 8.80 Å². The van der Waals surface area contributed by atoms with E-state index in [0.29, 0.717) is 0 Å². The number of hydrogen-bond donors (Lipinski definition) is 0. The minimum Gasteiger partial charge on any atom is -0.418 e. The molecule has 116 valence electrons. The molecule has 0 bridgehead atoms. The molecule has 0 saturated heterocycles. The van der Waals surface area contributed by atoms with Crippen molar-refractivity contribution in [2.45, 2.75) is 9.79 Å². The van der Waals surface area contributed by atoms with Crippen molar-refractivity contribution < 1.29 is 21.6 Å². The van der Waals surface area contributed by atoms with E-state index in [4.69, 9.17) is 4.74 Å². The quantitative estimate of drug-likeness (QED) is 0.714. The van der Waals surface area contributed by atoms with E-state index < -0.39 is 20.0 Å². The van der Waals surface area contributed by atoms with Gasteiger partial charge in [0.15, 0.2) is 0 Å². The molecule has 0 atom stereocenters. The molecule has 2 aromatic rings. The molecule has 4 rings (SSSR count). The summed E-state index contributed by atoms with van der Waals surface area (Å²) in [6.45, 7) is 0. The molecule has 23 heavy (non-hydrogen) atoms. The van der Waals surface area contributed by atoms with Crippen LogP contribution in [0.3, 0.4) is 0 Å². The Balaban J connectivity index is 1.83. The minimum absolute atomic E-state index is 0.0183. The number of ether oxygens (including phenoxy) is 1. The van der Waals surface area contributed by atoms with Gasteiger partial charge >= 0.3 is 0 Å². The van der Waals surface area contributed by atoms with Crippen LogP contribution in [0.4, 0.5) is 0 Å². The fourth-order valence-corrected chi connectivity index (χ4v) is 4.66. The van der Waals surface area contributed by atoms with Crippen LogP contribution in [-0.4, -0.2) is 28.6 Å². The Hall–Kier alpha value is -2.52. The monoisotopic (exact) mass is 348 g/mol. The molecular formula is C14H8N2O5S2. The largest absolute Gasteiger partial charge is 0.418 e. The molecule has 0 spiro atoms. The first kappa shape index (κ1) is 14.1. The van der Waals surface area contributed by atoms with Crippen molar-refractivity contribution in [2.75, 3.05) is 0 Å². The maximum absolute atomic E-state index is 12.0. The highest BCUT2D eigenvalue weighted by molar-refractivity contribution is 7.91. The lowest BCUT2D eigenvalue weighted by Crippen LogP contribution is -2.12. The fraction of sp³-hybridized carbons (Fsp3) is 0. The molecule has 2 aliphatic heterocycles. The lowest BCUT2D eigenvalue weighted by atomic mass is 10.2. The van der Waals surface area contributed by atoms with Crippen LogP contribution < -0.4 is 0 Å². The number of nitrogens with zero attached hydrogens (tertiary/aromatic N) is 2. The summed E-state index contributed by atoms with van der Waals surface area (Å²) in [7, 11) is -7.69. The summed E-state index contributed by atoms with van der Waals surface area (Å²) in [5.41, 5.74) is 0.550. The molecule has 9 heteroatoms. The van der Waals surface area contributed by atoms with Gasteiger partial charge in [-0.15, -0.1) is 8.80 Å². The van der Waals surface area contributed by atoms with Crippen molar-refractivity contribution in [3.05, 3.63) is 59.7 Å². The maximum atomic E-state index is 12.0. The molecule has 0 aromatic heterocycles. The van der Waals surface area contributed by atoms with E-state index >= 15 is 0 Å². The van der Waals surface area contributed by atoms with Gasteiger partial charge in [0.1, 0.15) is 9.79 Å². The smallest absolute Gasteiger partial charge is 0.286 e. The number of hydrogen-bond acceptors (Lipinski definition) is 5. The Kier molecular flexibility index (Phi) is 2.75. The predicted molar refractivity (Wildman–Crippen MR) is 81.4 cm³/mol. The standard InChI is InChI=1S/C14H8N2O5S2/c17-22(18)11-7-3-1-5-9(11)13(15-22)21-14-10-6-2-4-8-12(10)23(19,20)16-14/h1-8H. The van der Waals surface area contributed by atoms with Gasteiger partial charge in [0.25, 0.3) is 20.0 Å². The van der Waals surface area contributed by atoms with Gasteiger partial charge in [-0.25, -0.2) is 0 Å². The molecule has 2 aromatic carbocycles. The summed E-state index contributed by atoms with van der Waals surface area (Å²) in [5, 5.41) is 0. The normalized spacial score (nSPS) is 19.5. The van der Waals surface area contributed by atoms with Gasteiger partial charge in [0, 0.05) is 0 Å². The Bertz CT molecular complexity index is 1030. The van der Waals surface area contributed by atoms with Crippen molar-refractivity contribution in [1.82, 2.24) is 0 Å². The van der Waals surface area contributed by atoms with E-state index in [0.717, 1.165) is 0 Å². The molecule has 0 amide bonds. The third kappa shape index (κ3) is 2.08. The van der Waals surface area contributed by atoms with Crippen LogP contribution in [0, 0.1) is 0 Å². The summed E-state index contributed by atoms with van der Waals surface area (Å²) in [6, 6.07) is 12.3. The average molecular weight is 348 g/mol. The van der Waals surface area contributed by atoms with Gasteiger partial charge in [-0.2, -0.15) is 16.8 Å². The first-order valence-electron chi connectivity index (χ1n) is 6.45. The van der Waals surface area contributed by atoms with E-state index in [1.165, 1.54) is 24.3 Å². The second kappa shape index (κ2) is 4.49. The van der Waals surface area contributed by atoms with Crippen molar-refractivity contribution in [1.29, 1.82) is 0 Å². The van der Waals surface area contributed by atoms with Crippen LogP contribution in [0.15, 0.2) is 67.1 Å². The lowest BCUT2D eigenvalue weighted by Gasteiger charge is -2.05. The zero-order chi connectivity index (χ0) is 16.2. The highest BCUT2D eigenvalue weighted by Crippen LogP contribution is 2.30. The van der Waals surface area contributed by atoms with Gasteiger partial charge < -0.3 is 4.74 Å². The molecule has 0 saturated carbocycles. The van der Waals surface area contributed by atoms with Crippen LogP contribution in [0.5, 0.6) is 0 Å². The Morgan fingerprint density at radius 3 is 1.48 bits per heavy atom. The van der Waals surface area contributed by atoms with Crippen LogP contribution >= 0.6 is 0 Å². The molecular weight excluding hydrogens is 340 g/mol.